The van der Waals surface area contributed by atoms with E-state index in [1.807, 2.05) is 0 Å². The predicted octanol–water partition coefficient (Wildman–Crippen LogP) is 2.28. The molecule has 1 N–H and O–H groups in total. The molecule has 1 heterocycles. The number of aromatic nitrogens is 2. The van der Waals surface area contributed by atoms with Gasteiger partial charge in [0.2, 0.25) is 10.0 Å². The van der Waals surface area contributed by atoms with Crippen molar-refractivity contribution in [3.05, 3.63) is 11.4 Å². The summed E-state index contributed by atoms with van der Waals surface area (Å²) in [5, 5.41) is 4.19. The number of hydrogen-bond acceptors (Lipinski definition) is 3. The molecular weight excluding hydrogens is 274 g/mol. The molecule has 0 spiro atoms. The zero-order valence-electron chi connectivity index (χ0n) is 12.8. The molecule has 1 saturated carbocycles. The molecule has 5 nitrogen and oxygen atoms in total. The Kier molecular flexibility index (Phi) is 4.54. The lowest BCUT2D eigenvalue weighted by Gasteiger charge is -2.28. The van der Waals surface area contributed by atoms with Gasteiger partial charge in [-0.25, -0.2) is 13.1 Å². The van der Waals surface area contributed by atoms with E-state index < -0.39 is 10.0 Å². The lowest BCUT2D eigenvalue weighted by molar-refractivity contribution is 0.306. The van der Waals surface area contributed by atoms with Gasteiger partial charge in [0.25, 0.3) is 0 Å². The molecule has 0 saturated heterocycles. The Bertz CT molecular complexity index is 569. The first-order valence-corrected chi connectivity index (χ1v) is 8.86. The van der Waals surface area contributed by atoms with E-state index in [4.69, 9.17) is 0 Å². The van der Waals surface area contributed by atoms with Gasteiger partial charge in [-0.05, 0) is 45.4 Å². The Morgan fingerprint density at radius 3 is 2.30 bits per heavy atom. The van der Waals surface area contributed by atoms with Crippen LogP contribution in [-0.2, 0) is 17.1 Å². The summed E-state index contributed by atoms with van der Waals surface area (Å²) in [5.41, 5.74) is 1.26. The summed E-state index contributed by atoms with van der Waals surface area (Å²) in [4.78, 5) is 0.345. The van der Waals surface area contributed by atoms with E-state index in [-0.39, 0.29) is 6.04 Å². The molecule has 1 aliphatic rings. The molecule has 20 heavy (non-hydrogen) atoms. The molecule has 1 fully saturated rings. The Morgan fingerprint density at radius 2 is 1.85 bits per heavy atom. The van der Waals surface area contributed by atoms with Crippen LogP contribution in [0.2, 0.25) is 0 Å². The van der Waals surface area contributed by atoms with Gasteiger partial charge in [-0.2, -0.15) is 5.10 Å². The highest BCUT2D eigenvalue weighted by Crippen LogP contribution is 2.28. The molecule has 0 aromatic carbocycles. The maximum Gasteiger partial charge on any atom is 0.244 e. The van der Waals surface area contributed by atoms with Crippen LogP contribution in [0.15, 0.2) is 4.90 Å². The summed E-state index contributed by atoms with van der Waals surface area (Å²) < 4.78 is 29.6. The average molecular weight is 299 g/mol. The van der Waals surface area contributed by atoms with Gasteiger partial charge in [0.1, 0.15) is 4.90 Å². The van der Waals surface area contributed by atoms with E-state index in [9.17, 15) is 8.42 Å². The van der Waals surface area contributed by atoms with Crippen molar-refractivity contribution in [2.75, 3.05) is 0 Å². The predicted molar refractivity (Wildman–Crippen MR) is 79.0 cm³/mol. The Morgan fingerprint density at radius 1 is 1.25 bits per heavy atom. The second-order valence-electron chi connectivity index (χ2n) is 5.87. The molecule has 1 aromatic heterocycles. The zero-order chi connectivity index (χ0) is 14.9. The third-order valence-electron chi connectivity index (χ3n) is 4.46. The van der Waals surface area contributed by atoms with Crippen molar-refractivity contribution in [3.8, 4) is 0 Å². The van der Waals surface area contributed by atoms with Crippen LogP contribution in [0.25, 0.3) is 0 Å². The van der Waals surface area contributed by atoms with Crippen LogP contribution >= 0.6 is 0 Å². The monoisotopic (exact) mass is 299 g/mol. The number of nitrogens with one attached hydrogen (secondary N) is 1. The van der Waals surface area contributed by atoms with E-state index in [1.54, 1.807) is 25.6 Å². The molecule has 0 unspecified atom stereocenters. The fourth-order valence-electron chi connectivity index (χ4n) is 3.11. The second-order valence-corrected chi connectivity index (χ2v) is 7.52. The highest BCUT2D eigenvalue weighted by atomic mass is 32.2. The number of hydrogen-bond donors (Lipinski definition) is 1. The van der Waals surface area contributed by atoms with E-state index in [0.717, 1.165) is 31.6 Å². The van der Waals surface area contributed by atoms with Gasteiger partial charge in [-0.3, -0.25) is 4.68 Å². The van der Waals surface area contributed by atoms with Gasteiger partial charge in [-0.1, -0.05) is 13.3 Å². The maximum absolute atomic E-state index is 12.5. The molecule has 0 radical (unpaired) electrons. The first-order valence-electron chi connectivity index (χ1n) is 7.37. The highest BCUT2D eigenvalue weighted by Gasteiger charge is 2.28. The topological polar surface area (TPSA) is 64.0 Å². The molecule has 0 amide bonds. The molecule has 0 atom stereocenters. The smallest absolute Gasteiger partial charge is 0.244 e. The Labute approximate surface area is 121 Å². The van der Waals surface area contributed by atoms with Gasteiger partial charge < -0.3 is 0 Å². The minimum Gasteiger partial charge on any atom is -0.271 e. The van der Waals surface area contributed by atoms with Crippen LogP contribution in [0.1, 0.15) is 50.4 Å². The van der Waals surface area contributed by atoms with Crippen molar-refractivity contribution in [1.29, 1.82) is 0 Å². The van der Waals surface area contributed by atoms with Gasteiger partial charge >= 0.3 is 0 Å². The summed E-state index contributed by atoms with van der Waals surface area (Å²) in [7, 11) is -1.69. The van der Waals surface area contributed by atoms with Crippen molar-refractivity contribution in [2.24, 2.45) is 13.0 Å². The first kappa shape index (κ1) is 15.5. The van der Waals surface area contributed by atoms with Gasteiger partial charge in [-0.15, -0.1) is 0 Å². The number of nitrogens with zero attached hydrogens (tertiary/aromatic N) is 2. The van der Waals surface area contributed by atoms with Crippen LogP contribution in [0, 0.1) is 19.8 Å². The van der Waals surface area contributed by atoms with Gasteiger partial charge in [0.05, 0.1) is 11.4 Å². The minimum atomic E-state index is -3.46. The van der Waals surface area contributed by atoms with Crippen molar-refractivity contribution >= 4 is 10.0 Å². The first-order chi connectivity index (χ1) is 9.35. The SMILES string of the molecule is CCC1CCC(NS(=O)(=O)c2c(C)nn(C)c2C)CC1. The van der Waals surface area contributed by atoms with Crippen molar-refractivity contribution < 1.29 is 8.42 Å². The number of rotatable bonds is 4. The average Bonchev–Trinajstić information content (AvgIpc) is 2.64. The molecule has 1 aliphatic carbocycles. The largest absolute Gasteiger partial charge is 0.271 e. The lowest BCUT2D eigenvalue weighted by atomic mass is 9.85. The summed E-state index contributed by atoms with van der Waals surface area (Å²) in [5.74, 6) is 0.762. The molecule has 114 valence electrons. The maximum atomic E-state index is 12.5. The van der Waals surface area contributed by atoms with Crippen LogP contribution in [0.3, 0.4) is 0 Å². The molecule has 1 aromatic rings. The summed E-state index contributed by atoms with van der Waals surface area (Å²) >= 11 is 0. The normalized spacial score (nSPS) is 24.0. The van der Waals surface area contributed by atoms with E-state index in [1.165, 1.54) is 6.42 Å². The third-order valence-corrected chi connectivity index (χ3v) is 6.23. The lowest BCUT2D eigenvalue weighted by Crippen LogP contribution is -2.38. The molecule has 6 heteroatoms. The van der Waals surface area contributed by atoms with Crippen molar-refractivity contribution in [3.63, 3.8) is 0 Å². The third kappa shape index (κ3) is 3.06. The quantitative estimate of drug-likeness (QED) is 0.927. The molecule has 2 rings (SSSR count). The summed E-state index contributed by atoms with van der Waals surface area (Å²) in [6, 6.07) is 0.0711. The van der Waals surface area contributed by atoms with Gasteiger partial charge in [0, 0.05) is 13.1 Å². The summed E-state index contributed by atoms with van der Waals surface area (Å²) in [6.45, 7) is 5.75. The molecule has 0 bridgehead atoms. The van der Waals surface area contributed by atoms with Crippen LogP contribution in [0.5, 0.6) is 0 Å². The fourth-order valence-corrected chi connectivity index (χ4v) is 4.85. The van der Waals surface area contributed by atoms with E-state index in [2.05, 4.69) is 16.7 Å². The van der Waals surface area contributed by atoms with E-state index in [0.29, 0.717) is 16.3 Å². The zero-order valence-corrected chi connectivity index (χ0v) is 13.6. The van der Waals surface area contributed by atoms with Crippen LogP contribution in [0.4, 0.5) is 0 Å². The molecular formula is C14H25N3O2S. The summed E-state index contributed by atoms with van der Waals surface area (Å²) in [6.07, 6.45) is 5.32. The number of sulfonamides is 1. The van der Waals surface area contributed by atoms with Crippen molar-refractivity contribution in [1.82, 2.24) is 14.5 Å². The molecule has 0 aliphatic heterocycles. The van der Waals surface area contributed by atoms with E-state index >= 15 is 0 Å². The Balaban J connectivity index is 2.12. The standard InChI is InChI=1S/C14H25N3O2S/c1-5-12-6-8-13(9-7-12)16-20(18,19)14-10(2)15-17(4)11(14)3/h12-13,16H,5-9H2,1-4H3. The second kappa shape index (κ2) is 5.85. The Hall–Kier alpha value is -0.880. The van der Waals surface area contributed by atoms with Crippen LogP contribution < -0.4 is 4.72 Å². The minimum absolute atomic E-state index is 0.0711. The van der Waals surface area contributed by atoms with Crippen LogP contribution in [-0.4, -0.2) is 24.2 Å². The fraction of sp³-hybridized carbons (Fsp3) is 0.786. The van der Waals surface area contributed by atoms with Crippen molar-refractivity contribution in [2.45, 2.75) is 63.8 Å². The van der Waals surface area contributed by atoms with Gasteiger partial charge in [0.15, 0.2) is 0 Å². The highest BCUT2D eigenvalue weighted by molar-refractivity contribution is 7.89. The number of aryl methyl sites for hydroxylation is 2.